The standard InChI is InChI=1S/C22H19ClN2O3/c1-15(21(26)20-13-14-25(2)22(27)24-20)28-19-11-7-17(8-12-19)4-3-16-5-9-18(23)10-6-16/h3-15H,1-2H3/b4-3+. The Morgan fingerprint density at radius 2 is 1.61 bits per heavy atom. The zero-order valence-corrected chi connectivity index (χ0v) is 16.3. The lowest BCUT2D eigenvalue weighted by molar-refractivity contribution is 0.0812. The van der Waals surface area contributed by atoms with Gasteiger partial charge in [0.1, 0.15) is 11.4 Å². The molecular weight excluding hydrogens is 376 g/mol. The fraction of sp³-hybridized carbons (Fsp3) is 0.136. The largest absolute Gasteiger partial charge is 0.483 e. The lowest BCUT2D eigenvalue weighted by atomic mass is 10.1. The van der Waals surface area contributed by atoms with Gasteiger partial charge in [0.25, 0.3) is 0 Å². The van der Waals surface area contributed by atoms with E-state index in [1.165, 1.54) is 16.8 Å². The first kappa shape index (κ1) is 19.6. The molecule has 0 fully saturated rings. The van der Waals surface area contributed by atoms with Gasteiger partial charge in [-0.3, -0.25) is 4.79 Å². The first-order valence-corrected chi connectivity index (χ1v) is 9.08. The average molecular weight is 395 g/mol. The van der Waals surface area contributed by atoms with E-state index >= 15 is 0 Å². The minimum atomic E-state index is -0.755. The number of benzene rings is 2. The molecule has 5 nitrogen and oxygen atoms in total. The van der Waals surface area contributed by atoms with Crippen LogP contribution in [0.1, 0.15) is 28.5 Å². The maximum Gasteiger partial charge on any atom is 0.347 e. The molecule has 142 valence electrons. The number of halogens is 1. The van der Waals surface area contributed by atoms with Crippen molar-refractivity contribution in [2.45, 2.75) is 13.0 Å². The minimum absolute atomic E-state index is 0.0955. The lowest BCUT2D eigenvalue weighted by Crippen LogP contribution is -2.29. The number of carbonyl (C=O) groups excluding carboxylic acids is 1. The van der Waals surface area contributed by atoms with E-state index < -0.39 is 11.8 Å². The molecular formula is C22H19ClN2O3. The van der Waals surface area contributed by atoms with E-state index in [0.717, 1.165) is 11.1 Å². The Morgan fingerprint density at radius 1 is 1.04 bits per heavy atom. The second-order valence-electron chi connectivity index (χ2n) is 6.28. The van der Waals surface area contributed by atoms with Crippen LogP contribution < -0.4 is 10.4 Å². The Balaban J connectivity index is 1.64. The second-order valence-corrected chi connectivity index (χ2v) is 6.72. The van der Waals surface area contributed by atoms with Crippen molar-refractivity contribution in [1.29, 1.82) is 0 Å². The van der Waals surface area contributed by atoms with Gasteiger partial charge in [-0.1, -0.05) is 48.0 Å². The van der Waals surface area contributed by atoms with E-state index in [9.17, 15) is 9.59 Å². The van der Waals surface area contributed by atoms with Crippen LogP contribution in [0.3, 0.4) is 0 Å². The van der Waals surface area contributed by atoms with Crippen molar-refractivity contribution < 1.29 is 9.53 Å². The van der Waals surface area contributed by atoms with Gasteiger partial charge in [-0.15, -0.1) is 0 Å². The van der Waals surface area contributed by atoms with Gasteiger partial charge in [-0.05, 0) is 48.4 Å². The van der Waals surface area contributed by atoms with Crippen molar-refractivity contribution in [2.75, 3.05) is 0 Å². The Bertz CT molecular complexity index is 1050. The molecule has 28 heavy (non-hydrogen) atoms. The van der Waals surface area contributed by atoms with Crippen molar-refractivity contribution in [1.82, 2.24) is 9.55 Å². The normalized spacial score (nSPS) is 12.1. The van der Waals surface area contributed by atoms with Gasteiger partial charge in [0.2, 0.25) is 5.78 Å². The topological polar surface area (TPSA) is 61.2 Å². The first-order valence-electron chi connectivity index (χ1n) is 8.70. The van der Waals surface area contributed by atoms with Gasteiger partial charge < -0.3 is 9.30 Å². The van der Waals surface area contributed by atoms with E-state index in [2.05, 4.69) is 4.98 Å². The predicted molar refractivity (Wildman–Crippen MR) is 111 cm³/mol. The number of hydrogen-bond acceptors (Lipinski definition) is 4. The molecule has 3 rings (SSSR count). The van der Waals surface area contributed by atoms with Crippen LogP contribution in [0.4, 0.5) is 0 Å². The maximum atomic E-state index is 12.4. The van der Waals surface area contributed by atoms with E-state index in [1.54, 1.807) is 26.1 Å². The van der Waals surface area contributed by atoms with Gasteiger partial charge in [0, 0.05) is 18.3 Å². The summed E-state index contributed by atoms with van der Waals surface area (Å²) in [5, 5.41) is 0.702. The molecule has 0 bridgehead atoms. The highest BCUT2D eigenvalue weighted by atomic mass is 35.5. The van der Waals surface area contributed by atoms with Crippen LogP contribution in [0.25, 0.3) is 12.2 Å². The number of hydrogen-bond donors (Lipinski definition) is 0. The number of carbonyl (C=O) groups is 1. The Labute approximate surface area is 167 Å². The fourth-order valence-electron chi connectivity index (χ4n) is 2.49. The Kier molecular flexibility index (Phi) is 6.06. The van der Waals surface area contributed by atoms with Gasteiger partial charge in [0.15, 0.2) is 6.10 Å². The molecule has 0 aliphatic heterocycles. The molecule has 0 aliphatic carbocycles. The summed E-state index contributed by atoms with van der Waals surface area (Å²) in [6, 6.07) is 16.5. The van der Waals surface area contributed by atoms with Crippen molar-refractivity contribution >= 4 is 29.5 Å². The maximum absolute atomic E-state index is 12.4. The summed E-state index contributed by atoms with van der Waals surface area (Å²) in [7, 11) is 1.58. The third-order valence-corrected chi connectivity index (χ3v) is 4.38. The lowest BCUT2D eigenvalue weighted by Gasteiger charge is -2.13. The molecule has 1 unspecified atom stereocenters. The molecule has 0 radical (unpaired) electrons. The van der Waals surface area contributed by atoms with Gasteiger partial charge in [-0.25, -0.2) is 4.79 Å². The fourth-order valence-corrected chi connectivity index (χ4v) is 2.62. The van der Waals surface area contributed by atoms with Gasteiger partial charge >= 0.3 is 5.69 Å². The highest BCUT2D eigenvalue weighted by Gasteiger charge is 2.19. The SMILES string of the molecule is CC(Oc1ccc(/C=C/c2ccc(Cl)cc2)cc1)C(=O)c1ccn(C)c(=O)n1. The zero-order valence-electron chi connectivity index (χ0n) is 15.5. The molecule has 0 saturated heterocycles. The predicted octanol–water partition coefficient (Wildman–Crippen LogP) is 4.25. The van der Waals surface area contributed by atoms with E-state index in [4.69, 9.17) is 16.3 Å². The summed E-state index contributed by atoms with van der Waals surface area (Å²) in [5.74, 6) is 0.220. The molecule has 3 aromatic rings. The van der Waals surface area contributed by atoms with Crippen LogP contribution >= 0.6 is 11.6 Å². The highest BCUT2D eigenvalue weighted by Crippen LogP contribution is 2.17. The molecule has 2 aromatic carbocycles. The molecule has 0 spiro atoms. The third kappa shape index (κ3) is 4.96. The molecule has 0 N–H and O–H groups in total. The van der Waals surface area contributed by atoms with Crippen LogP contribution in [-0.4, -0.2) is 21.4 Å². The van der Waals surface area contributed by atoms with E-state index in [0.29, 0.717) is 10.8 Å². The summed E-state index contributed by atoms with van der Waals surface area (Å²) >= 11 is 5.88. The molecule has 0 saturated carbocycles. The molecule has 6 heteroatoms. The van der Waals surface area contributed by atoms with Gasteiger partial charge in [0.05, 0.1) is 0 Å². The quantitative estimate of drug-likeness (QED) is 0.463. The summed E-state index contributed by atoms with van der Waals surface area (Å²) in [4.78, 5) is 27.8. The first-order chi connectivity index (χ1) is 13.4. The molecule has 0 amide bonds. The number of ketones is 1. The van der Waals surface area contributed by atoms with Crippen LogP contribution in [0.2, 0.25) is 5.02 Å². The summed E-state index contributed by atoms with van der Waals surface area (Å²) < 4.78 is 7.00. The molecule has 0 aliphatic rings. The molecule has 1 heterocycles. The highest BCUT2D eigenvalue weighted by molar-refractivity contribution is 6.30. The molecule has 1 aromatic heterocycles. The van der Waals surface area contributed by atoms with Crippen molar-refractivity contribution in [2.24, 2.45) is 7.05 Å². The molecule has 1 atom stereocenters. The zero-order chi connectivity index (χ0) is 20.1. The number of aryl methyl sites for hydroxylation is 1. The van der Waals surface area contributed by atoms with E-state index in [1.807, 2.05) is 48.6 Å². The van der Waals surface area contributed by atoms with Crippen LogP contribution in [0, 0.1) is 0 Å². The van der Waals surface area contributed by atoms with Gasteiger partial charge in [-0.2, -0.15) is 4.98 Å². The number of Topliss-reactive ketones (excluding diaryl/α,β-unsaturated/α-hetero) is 1. The van der Waals surface area contributed by atoms with Crippen LogP contribution in [-0.2, 0) is 7.05 Å². The number of nitrogens with zero attached hydrogens (tertiary/aromatic N) is 2. The number of rotatable bonds is 6. The summed E-state index contributed by atoms with van der Waals surface area (Å²) in [6.45, 7) is 1.63. The second kappa shape index (κ2) is 8.67. The minimum Gasteiger partial charge on any atom is -0.483 e. The average Bonchev–Trinajstić information content (AvgIpc) is 2.70. The van der Waals surface area contributed by atoms with Crippen molar-refractivity contribution in [3.8, 4) is 5.75 Å². The number of aromatic nitrogens is 2. The Morgan fingerprint density at radius 3 is 2.18 bits per heavy atom. The monoisotopic (exact) mass is 394 g/mol. The van der Waals surface area contributed by atoms with Crippen molar-refractivity contribution in [3.63, 3.8) is 0 Å². The smallest absolute Gasteiger partial charge is 0.347 e. The van der Waals surface area contributed by atoms with E-state index in [-0.39, 0.29) is 11.5 Å². The summed E-state index contributed by atoms with van der Waals surface area (Å²) in [5.41, 5.74) is 1.66. The van der Waals surface area contributed by atoms with Crippen molar-refractivity contribution in [3.05, 3.63) is 93.1 Å². The van der Waals surface area contributed by atoms with Crippen LogP contribution in [0.5, 0.6) is 5.75 Å². The summed E-state index contributed by atoms with van der Waals surface area (Å²) in [6.07, 6.45) is 4.72. The Hall–Kier alpha value is -3.18. The number of ether oxygens (including phenoxy) is 1. The van der Waals surface area contributed by atoms with Crippen LogP contribution in [0.15, 0.2) is 65.6 Å². The third-order valence-electron chi connectivity index (χ3n) is 4.13.